The molecule has 1 N–H and O–H groups in total. The molecule has 0 aliphatic heterocycles. The van der Waals surface area contributed by atoms with Gasteiger partial charge >= 0.3 is 5.97 Å². The highest BCUT2D eigenvalue weighted by molar-refractivity contribution is 7.99. The van der Waals surface area contributed by atoms with Crippen LogP contribution in [-0.4, -0.2) is 37.4 Å². The number of carbonyl (C=O) groups is 1. The standard InChI is InChI=1S/C21H23N3O5S2/c1-21(2,3)15-7-11-17(12-8-15)31(26,27)24-16-9-5-14(6-10-16)19-22-23-20(29-19)30-13-18(25)28-4/h5-12,24H,13H2,1-4H3. The summed E-state index contributed by atoms with van der Waals surface area (Å²) in [6, 6.07) is 13.4. The highest BCUT2D eigenvalue weighted by Gasteiger charge is 2.18. The van der Waals surface area contributed by atoms with Gasteiger partial charge in [0.05, 0.1) is 12.0 Å². The highest BCUT2D eigenvalue weighted by Crippen LogP contribution is 2.26. The molecule has 0 saturated heterocycles. The molecule has 2 aromatic carbocycles. The van der Waals surface area contributed by atoms with Crippen LogP contribution in [0, 0.1) is 0 Å². The maximum Gasteiger partial charge on any atom is 0.316 e. The van der Waals surface area contributed by atoms with Gasteiger partial charge in [0.25, 0.3) is 15.2 Å². The van der Waals surface area contributed by atoms with Crippen molar-refractivity contribution < 1.29 is 22.4 Å². The normalized spacial score (nSPS) is 11.9. The molecule has 0 amide bonds. The van der Waals surface area contributed by atoms with Crippen LogP contribution in [-0.2, 0) is 25.0 Å². The van der Waals surface area contributed by atoms with Crippen molar-refractivity contribution in [3.63, 3.8) is 0 Å². The molecule has 1 aromatic heterocycles. The van der Waals surface area contributed by atoms with Crippen molar-refractivity contribution in [2.24, 2.45) is 0 Å². The first-order chi connectivity index (χ1) is 14.6. The smallest absolute Gasteiger partial charge is 0.316 e. The lowest BCUT2D eigenvalue weighted by molar-refractivity contribution is -0.137. The first kappa shape index (κ1) is 22.8. The second-order valence-corrected chi connectivity index (χ2v) is 10.3. The zero-order valence-corrected chi connectivity index (χ0v) is 19.2. The number of hydrogen-bond acceptors (Lipinski definition) is 8. The summed E-state index contributed by atoms with van der Waals surface area (Å²) in [6.45, 7) is 6.21. The van der Waals surface area contributed by atoms with Crippen molar-refractivity contribution in [2.75, 3.05) is 17.6 Å². The van der Waals surface area contributed by atoms with Gasteiger partial charge in [0.1, 0.15) is 5.75 Å². The third kappa shape index (κ3) is 5.86. The summed E-state index contributed by atoms with van der Waals surface area (Å²) in [5, 5.41) is 8.05. The van der Waals surface area contributed by atoms with Gasteiger partial charge in [-0.1, -0.05) is 44.7 Å². The molecule has 3 rings (SSSR count). The Morgan fingerprint density at radius 3 is 2.29 bits per heavy atom. The molecule has 3 aromatic rings. The van der Waals surface area contributed by atoms with E-state index in [4.69, 9.17) is 4.42 Å². The third-order valence-corrected chi connectivity index (χ3v) is 6.55. The molecule has 164 valence electrons. The quantitative estimate of drug-likeness (QED) is 0.413. The predicted octanol–water partition coefficient (Wildman–Crippen LogP) is 4.10. The highest BCUT2D eigenvalue weighted by atomic mass is 32.2. The number of benzene rings is 2. The number of sulfonamides is 1. The number of methoxy groups -OCH3 is 1. The molecule has 0 aliphatic carbocycles. The minimum Gasteiger partial charge on any atom is -0.468 e. The molecule has 8 nitrogen and oxygen atoms in total. The van der Waals surface area contributed by atoms with Gasteiger partial charge in [0, 0.05) is 11.3 Å². The number of carbonyl (C=O) groups excluding carboxylic acids is 1. The fraction of sp³-hybridized carbons (Fsp3) is 0.286. The van der Waals surface area contributed by atoms with E-state index in [2.05, 4.69) is 40.4 Å². The fourth-order valence-electron chi connectivity index (χ4n) is 2.59. The Morgan fingerprint density at radius 2 is 1.71 bits per heavy atom. The van der Waals surface area contributed by atoms with Gasteiger partial charge in [-0.2, -0.15) is 0 Å². The number of anilines is 1. The molecule has 0 fully saturated rings. The molecular formula is C21H23N3O5S2. The number of esters is 1. The van der Waals surface area contributed by atoms with E-state index < -0.39 is 16.0 Å². The van der Waals surface area contributed by atoms with E-state index in [9.17, 15) is 13.2 Å². The van der Waals surface area contributed by atoms with E-state index in [1.165, 1.54) is 7.11 Å². The van der Waals surface area contributed by atoms with Crippen molar-refractivity contribution in [3.05, 3.63) is 54.1 Å². The SMILES string of the molecule is COC(=O)CSc1nnc(-c2ccc(NS(=O)(=O)c3ccc(C(C)(C)C)cc3)cc2)o1. The van der Waals surface area contributed by atoms with Crippen LogP contribution >= 0.6 is 11.8 Å². The van der Waals surface area contributed by atoms with Crippen LogP contribution in [0.5, 0.6) is 0 Å². The van der Waals surface area contributed by atoms with E-state index in [-0.39, 0.29) is 27.2 Å². The number of rotatable bonds is 7. The molecule has 10 heteroatoms. The number of aromatic nitrogens is 2. The Labute approximate surface area is 185 Å². The largest absolute Gasteiger partial charge is 0.468 e. The summed E-state index contributed by atoms with van der Waals surface area (Å²) in [7, 11) is -2.41. The van der Waals surface area contributed by atoms with Crippen LogP contribution in [0.3, 0.4) is 0 Å². The van der Waals surface area contributed by atoms with Crippen molar-refractivity contribution in [1.29, 1.82) is 0 Å². The van der Waals surface area contributed by atoms with Gasteiger partial charge in [0.2, 0.25) is 5.89 Å². The summed E-state index contributed by atoms with van der Waals surface area (Å²) in [6.07, 6.45) is 0. The number of nitrogens with zero attached hydrogens (tertiary/aromatic N) is 2. The predicted molar refractivity (Wildman–Crippen MR) is 118 cm³/mol. The number of nitrogens with one attached hydrogen (secondary N) is 1. The summed E-state index contributed by atoms with van der Waals surface area (Å²) in [5.41, 5.74) is 2.02. The van der Waals surface area contributed by atoms with Crippen molar-refractivity contribution in [3.8, 4) is 11.5 Å². The second-order valence-electron chi connectivity index (χ2n) is 7.70. The first-order valence-electron chi connectivity index (χ1n) is 9.35. The molecule has 0 radical (unpaired) electrons. The van der Waals surface area contributed by atoms with E-state index in [1.807, 2.05) is 12.1 Å². The zero-order valence-electron chi connectivity index (χ0n) is 17.6. The van der Waals surface area contributed by atoms with Crippen LogP contribution in [0.25, 0.3) is 11.5 Å². The average Bonchev–Trinajstić information content (AvgIpc) is 3.21. The summed E-state index contributed by atoms with van der Waals surface area (Å²) < 4.78 is 38.0. The molecule has 0 atom stereocenters. The Kier molecular flexibility index (Phi) is 6.71. The minimum atomic E-state index is -3.72. The van der Waals surface area contributed by atoms with Gasteiger partial charge in [0.15, 0.2) is 0 Å². The molecular weight excluding hydrogens is 438 g/mol. The molecule has 0 spiro atoms. The van der Waals surface area contributed by atoms with Gasteiger partial charge in [-0.05, 0) is 47.4 Å². The molecule has 1 heterocycles. The maximum atomic E-state index is 12.7. The van der Waals surface area contributed by atoms with Crippen molar-refractivity contribution in [1.82, 2.24) is 10.2 Å². The molecule has 0 bridgehead atoms. The Hall–Kier alpha value is -2.85. The van der Waals surface area contributed by atoms with Gasteiger partial charge in [-0.25, -0.2) is 8.42 Å². The molecule has 0 aliphatic rings. The van der Waals surface area contributed by atoms with Crippen LogP contribution in [0.15, 0.2) is 63.1 Å². The number of ether oxygens (including phenoxy) is 1. The average molecular weight is 462 g/mol. The van der Waals surface area contributed by atoms with Gasteiger partial charge in [-0.15, -0.1) is 10.2 Å². The van der Waals surface area contributed by atoms with E-state index in [0.29, 0.717) is 11.3 Å². The lowest BCUT2D eigenvalue weighted by Gasteiger charge is -2.19. The fourth-order valence-corrected chi connectivity index (χ4v) is 4.25. The van der Waals surface area contributed by atoms with E-state index in [1.54, 1.807) is 36.4 Å². The zero-order chi connectivity index (χ0) is 22.6. The monoisotopic (exact) mass is 461 g/mol. The lowest BCUT2D eigenvalue weighted by atomic mass is 9.87. The molecule has 0 unspecified atom stereocenters. The summed E-state index contributed by atoms with van der Waals surface area (Å²) in [4.78, 5) is 11.4. The number of hydrogen-bond donors (Lipinski definition) is 1. The van der Waals surface area contributed by atoms with Crippen molar-refractivity contribution in [2.45, 2.75) is 36.3 Å². The van der Waals surface area contributed by atoms with E-state index >= 15 is 0 Å². The van der Waals surface area contributed by atoms with E-state index in [0.717, 1.165) is 17.3 Å². The van der Waals surface area contributed by atoms with Crippen LogP contribution in [0.1, 0.15) is 26.3 Å². The van der Waals surface area contributed by atoms with Gasteiger partial charge < -0.3 is 9.15 Å². The van der Waals surface area contributed by atoms with Crippen molar-refractivity contribution >= 4 is 33.4 Å². The lowest BCUT2D eigenvalue weighted by Crippen LogP contribution is -2.14. The number of thioether (sulfide) groups is 1. The summed E-state index contributed by atoms with van der Waals surface area (Å²) in [5.74, 6) is -0.0655. The molecule has 0 saturated carbocycles. The second kappa shape index (κ2) is 9.11. The summed E-state index contributed by atoms with van der Waals surface area (Å²) >= 11 is 1.07. The van der Waals surface area contributed by atoms with Crippen LogP contribution < -0.4 is 4.72 Å². The topological polar surface area (TPSA) is 111 Å². The van der Waals surface area contributed by atoms with Crippen LogP contribution in [0.4, 0.5) is 5.69 Å². The van der Waals surface area contributed by atoms with Crippen LogP contribution in [0.2, 0.25) is 0 Å². The van der Waals surface area contributed by atoms with Gasteiger partial charge in [-0.3, -0.25) is 9.52 Å². The minimum absolute atomic E-state index is 0.0576. The maximum absolute atomic E-state index is 12.7. The Balaban J connectivity index is 1.69. The Morgan fingerprint density at radius 1 is 1.06 bits per heavy atom. The third-order valence-electron chi connectivity index (χ3n) is 4.36. The first-order valence-corrected chi connectivity index (χ1v) is 11.8. The molecule has 31 heavy (non-hydrogen) atoms. The Bertz CT molecular complexity index is 1150.